The molecule has 0 aliphatic heterocycles. The molecule has 2 N–H and O–H groups in total. The Morgan fingerprint density at radius 1 is 1.44 bits per heavy atom. The molecule has 6 nitrogen and oxygen atoms in total. The monoisotopic (exact) mass is 385 g/mol. The number of H-pyrrole nitrogens is 1. The van der Waals surface area contributed by atoms with Gasteiger partial charge in [0.1, 0.15) is 16.7 Å². The molecule has 1 aliphatic carbocycles. The van der Waals surface area contributed by atoms with E-state index in [-0.39, 0.29) is 24.0 Å². The molecule has 3 atom stereocenters. The number of carboxylic acid groups (broad SMARTS) is 1. The minimum absolute atomic E-state index is 0. The summed E-state index contributed by atoms with van der Waals surface area (Å²) >= 11 is 1.61. The normalized spacial score (nSPS) is 19.3. The van der Waals surface area contributed by atoms with Crippen LogP contribution >= 0.6 is 23.7 Å². The van der Waals surface area contributed by atoms with Gasteiger partial charge in [-0.3, -0.25) is 14.5 Å². The smallest absolute Gasteiger partial charge is 0.320 e. The van der Waals surface area contributed by atoms with E-state index < -0.39 is 12.0 Å². The molecule has 25 heavy (non-hydrogen) atoms. The van der Waals surface area contributed by atoms with Crippen LogP contribution in [0.5, 0.6) is 0 Å². The average Bonchev–Trinajstić information content (AvgIpc) is 2.90. The Kier molecular flexibility index (Phi) is 5.91. The van der Waals surface area contributed by atoms with Crippen LogP contribution in [0.3, 0.4) is 0 Å². The van der Waals surface area contributed by atoms with Crippen molar-refractivity contribution >= 4 is 39.9 Å². The number of likely N-dealkylation sites (N-methyl/N-ethyl adjacent to an activating group) is 1. The SMILES string of the molecule is CC1CCc2c(sc3nc(C(C)N(C)C(C)C(=O)O)[nH]c(=O)c23)C1.Cl. The van der Waals surface area contributed by atoms with E-state index in [0.717, 1.165) is 35.0 Å². The van der Waals surface area contributed by atoms with Crippen LogP contribution in [-0.4, -0.2) is 39.0 Å². The van der Waals surface area contributed by atoms with Crippen molar-refractivity contribution in [1.29, 1.82) is 0 Å². The zero-order valence-electron chi connectivity index (χ0n) is 14.8. The predicted molar refractivity (Wildman–Crippen MR) is 102 cm³/mol. The second kappa shape index (κ2) is 7.43. The van der Waals surface area contributed by atoms with Gasteiger partial charge in [0.25, 0.3) is 5.56 Å². The van der Waals surface area contributed by atoms with E-state index in [1.165, 1.54) is 4.88 Å². The summed E-state index contributed by atoms with van der Waals surface area (Å²) in [6.07, 6.45) is 3.05. The molecule has 0 aromatic carbocycles. The van der Waals surface area contributed by atoms with Crippen molar-refractivity contribution in [1.82, 2.24) is 14.9 Å². The van der Waals surface area contributed by atoms with Gasteiger partial charge < -0.3 is 10.1 Å². The number of carbonyl (C=O) groups is 1. The number of aromatic nitrogens is 2. The van der Waals surface area contributed by atoms with Crippen LogP contribution in [0, 0.1) is 5.92 Å². The molecule has 0 bridgehead atoms. The summed E-state index contributed by atoms with van der Waals surface area (Å²) < 4.78 is 0. The van der Waals surface area contributed by atoms with Crippen LogP contribution in [0.25, 0.3) is 10.2 Å². The predicted octanol–water partition coefficient (Wildman–Crippen LogP) is 3.00. The summed E-state index contributed by atoms with van der Waals surface area (Å²) in [6, 6.07) is -0.940. The molecule has 2 heterocycles. The van der Waals surface area contributed by atoms with E-state index in [9.17, 15) is 14.7 Å². The number of aliphatic carboxylic acids is 1. The Labute approximate surface area is 156 Å². The Morgan fingerprint density at radius 3 is 2.76 bits per heavy atom. The molecular weight excluding hydrogens is 362 g/mol. The Hall–Kier alpha value is -1.44. The number of aryl methyl sites for hydroxylation is 1. The summed E-state index contributed by atoms with van der Waals surface area (Å²) in [4.78, 5) is 35.1. The number of hydrogen-bond acceptors (Lipinski definition) is 5. The standard InChI is InChI=1S/C17H23N3O3S.ClH/c1-8-5-6-11-12(7-8)24-16-13(11)15(21)18-14(19-16)9(2)20(4)10(3)17(22)23;/h8-10H,5-7H2,1-4H3,(H,22,23)(H,18,19,21);1H. The van der Waals surface area contributed by atoms with Crippen molar-refractivity contribution in [3.05, 3.63) is 26.6 Å². The molecule has 0 spiro atoms. The molecule has 138 valence electrons. The van der Waals surface area contributed by atoms with E-state index in [1.54, 1.807) is 30.2 Å². The first-order chi connectivity index (χ1) is 11.3. The van der Waals surface area contributed by atoms with E-state index in [0.29, 0.717) is 11.7 Å². The molecule has 2 aromatic heterocycles. The number of rotatable bonds is 4. The highest BCUT2D eigenvalue weighted by Crippen LogP contribution is 2.36. The minimum Gasteiger partial charge on any atom is -0.480 e. The maximum absolute atomic E-state index is 12.6. The Morgan fingerprint density at radius 2 is 2.12 bits per heavy atom. The molecule has 2 aromatic rings. The Balaban J connectivity index is 0.00000225. The van der Waals surface area contributed by atoms with Crippen LogP contribution in [0.4, 0.5) is 0 Å². The van der Waals surface area contributed by atoms with Crippen molar-refractivity contribution < 1.29 is 9.90 Å². The lowest BCUT2D eigenvalue weighted by Crippen LogP contribution is -2.38. The number of halogens is 1. The Bertz CT molecular complexity index is 848. The quantitative estimate of drug-likeness (QED) is 0.844. The van der Waals surface area contributed by atoms with Gasteiger partial charge in [0, 0.05) is 4.88 Å². The topological polar surface area (TPSA) is 86.3 Å². The van der Waals surface area contributed by atoms with E-state index in [1.807, 2.05) is 6.92 Å². The van der Waals surface area contributed by atoms with E-state index in [2.05, 4.69) is 16.9 Å². The van der Waals surface area contributed by atoms with E-state index in [4.69, 9.17) is 0 Å². The minimum atomic E-state index is -0.895. The van der Waals surface area contributed by atoms with Gasteiger partial charge in [-0.1, -0.05) is 6.92 Å². The summed E-state index contributed by atoms with van der Waals surface area (Å²) in [5.41, 5.74) is 1.05. The highest BCUT2D eigenvalue weighted by molar-refractivity contribution is 7.18. The summed E-state index contributed by atoms with van der Waals surface area (Å²) in [5.74, 6) is 0.272. The van der Waals surface area contributed by atoms with Gasteiger partial charge in [-0.2, -0.15) is 0 Å². The van der Waals surface area contributed by atoms with Crippen molar-refractivity contribution in [3.63, 3.8) is 0 Å². The first kappa shape index (κ1) is 19.9. The lowest BCUT2D eigenvalue weighted by molar-refractivity contribution is -0.142. The number of nitrogens with one attached hydrogen (secondary N) is 1. The van der Waals surface area contributed by atoms with Crippen molar-refractivity contribution in [3.8, 4) is 0 Å². The van der Waals surface area contributed by atoms with Crippen LogP contribution in [-0.2, 0) is 17.6 Å². The molecule has 3 unspecified atom stereocenters. The van der Waals surface area contributed by atoms with Gasteiger partial charge in [-0.05, 0) is 51.6 Å². The van der Waals surface area contributed by atoms with Crippen LogP contribution in [0.2, 0.25) is 0 Å². The van der Waals surface area contributed by atoms with Gasteiger partial charge in [0.15, 0.2) is 0 Å². The summed E-state index contributed by atoms with van der Waals surface area (Å²) in [6.45, 7) is 5.72. The molecule has 0 saturated carbocycles. The first-order valence-electron chi connectivity index (χ1n) is 8.28. The second-order valence-electron chi connectivity index (χ2n) is 6.84. The maximum Gasteiger partial charge on any atom is 0.320 e. The van der Waals surface area contributed by atoms with Crippen molar-refractivity contribution in [2.45, 2.75) is 52.1 Å². The number of hydrogen-bond donors (Lipinski definition) is 2. The molecular formula is C17H24ClN3O3S. The second-order valence-corrected chi connectivity index (χ2v) is 7.92. The van der Waals surface area contributed by atoms with Gasteiger partial charge in [-0.25, -0.2) is 4.98 Å². The molecule has 0 amide bonds. The number of carboxylic acids is 1. The third-order valence-corrected chi connectivity index (χ3v) is 6.31. The zero-order valence-corrected chi connectivity index (χ0v) is 16.5. The number of fused-ring (bicyclic) bond motifs is 3. The highest BCUT2D eigenvalue weighted by Gasteiger charge is 2.27. The fourth-order valence-corrected chi connectivity index (χ4v) is 4.66. The molecule has 8 heteroatoms. The van der Waals surface area contributed by atoms with Crippen LogP contribution in [0.1, 0.15) is 49.5 Å². The van der Waals surface area contributed by atoms with Crippen molar-refractivity contribution in [2.75, 3.05) is 7.05 Å². The number of nitrogens with zero attached hydrogens (tertiary/aromatic N) is 2. The highest BCUT2D eigenvalue weighted by atomic mass is 35.5. The molecule has 1 aliphatic rings. The number of aromatic amines is 1. The maximum atomic E-state index is 12.6. The third-order valence-electron chi connectivity index (χ3n) is 5.16. The van der Waals surface area contributed by atoms with Crippen LogP contribution < -0.4 is 5.56 Å². The lowest BCUT2D eigenvalue weighted by Gasteiger charge is -2.27. The average molecular weight is 386 g/mol. The van der Waals surface area contributed by atoms with Crippen LogP contribution in [0.15, 0.2) is 4.79 Å². The molecule has 0 fully saturated rings. The molecule has 3 rings (SSSR count). The first-order valence-corrected chi connectivity index (χ1v) is 9.10. The largest absolute Gasteiger partial charge is 0.480 e. The molecule has 0 radical (unpaired) electrons. The molecule has 0 saturated heterocycles. The van der Waals surface area contributed by atoms with Gasteiger partial charge in [0.2, 0.25) is 0 Å². The lowest BCUT2D eigenvalue weighted by atomic mass is 9.89. The fourth-order valence-electron chi connectivity index (χ4n) is 3.27. The summed E-state index contributed by atoms with van der Waals surface area (Å²) in [5, 5.41) is 9.91. The van der Waals surface area contributed by atoms with E-state index >= 15 is 0 Å². The number of thiophene rings is 1. The summed E-state index contributed by atoms with van der Waals surface area (Å²) in [7, 11) is 1.73. The zero-order chi connectivity index (χ0) is 17.6. The fraction of sp³-hybridized carbons (Fsp3) is 0.588. The third kappa shape index (κ3) is 3.59. The van der Waals surface area contributed by atoms with Gasteiger partial charge in [0.05, 0.1) is 11.4 Å². The van der Waals surface area contributed by atoms with Crippen molar-refractivity contribution in [2.24, 2.45) is 5.92 Å². The van der Waals surface area contributed by atoms with Gasteiger partial charge >= 0.3 is 5.97 Å². The van der Waals surface area contributed by atoms with Gasteiger partial charge in [-0.15, -0.1) is 23.7 Å².